The van der Waals surface area contributed by atoms with E-state index in [9.17, 15) is 22.8 Å². The Labute approximate surface area is 127 Å². The Morgan fingerprint density at radius 2 is 1.91 bits per heavy atom. The second-order valence-corrected chi connectivity index (χ2v) is 6.01. The average Bonchev–Trinajstić information content (AvgIpc) is 2.81. The third-order valence-electron chi connectivity index (χ3n) is 3.98. The number of hydrogen-bond acceptors (Lipinski definition) is 3. The van der Waals surface area contributed by atoms with E-state index >= 15 is 0 Å². The molecule has 8 heteroatoms. The molecule has 0 aliphatic heterocycles. The van der Waals surface area contributed by atoms with Crippen molar-refractivity contribution in [3.05, 3.63) is 0 Å². The van der Waals surface area contributed by atoms with Crippen LogP contribution >= 0.6 is 0 Å². The van der Waals surface area contributed by atoms with E-state index in [0.717, 1.165) is 19.3 Å². The summed E-state index contributed by atoms with van der Waals surface area (Å²) >= 11 is 0. The summed E-state index contributed by atoms with van der Waals surface area (Å²) in [4.78, 5) is 23.2. The van der Waals surface area contributed by atoms with Gasteiger partial charge >= 0.3 is 12.1 Å². The molecule has 0 radical (unpaired) electrons. The highest BCUT2D eigenvalue weighted by atomic mass is 19.4. The minimum atomic E-state index is -5.01. The van der Waals surface area contributed by atoms with E-state index in [1.807, 2.05) is 0 Å². The molecule has 5 nitrogen and oxygen atoms in total. The summed E-state index contributed by atoms with van der Waals surface area (Å²) in [6.45, 7) is 3.15. The summed E-state index contributed by atoms with van der Waals surface area (Å²) in [7, 11) is 0. The van der Waals surface area contributed by atoms with Gasteiger partial charge in [0.2, 0.25) is 5.91 Å². The van der Waals surface area contributed by atoms with Crippen molar-refractivity contribution in [2.45, 2.75) is 57.8 Å². The summed E-state index contributed by atoms with van der Waals surface area (Å²) in [6, 6.07) is -1.40. The largest absolute Gasteiger partial charge is 0.471 e. The number of aliphatic hydroxyl groups excluding tert-OH is 1. The second-order valence-electron chi connectivity index (χ2n) is 6.01. The van der Waals surface area contributed by atoms with Crippen LogP contribution in [0.25, 0.3) is 0 Å². The topological polar surface area (TPSA) is 78.4 Å². The lowest BCUT2D eigenvalue weighted by Gasteiger charge is -2.26. The standard InChI is InChI=1S/C14H23F3N2O3/c1-8(2)11(19-13(22)14(15,16)17)12(21)18-10-5-3-4-9(10)6-7-20/h8-11,20H,3-7H2,1-2H3,(H,18,21)(H,19,22)/t9-,10+,11+/m1/s1. The van der Waals surface area contributed by atoms with Crippen molar-refractivity contribution in [2.24, 2.45) is 11.8 Å². The maximum Gasteiger partial charge on any atom is 0.471 e. The van der Waals surface area contributed by atoms with Crippen molar-refractivity contribution in [3.63, 3.8) is 0 Å². The molecule has 0 aromatic heterocycles. The molecule has 0 aromatic rings. The summed E-state index contributed by atoms with van der Waals surface area (Å²) in [5.74, 6) is -3.06. The van der Waals surface area contributed by atoms with Crippen LogP contribution < -0.4 is 10.6 Å². The molecule has 3 N–H and O–H groups in total. The number of carbonyl (C=O) groups is 2. The molecule has 22 heavy (non-hydrogen) atoms. The van der Waals surface area contributed by atoms with Gasteiger partial charge in [-0.2, -0.15) is 13.2 Å². The predicted molar refractivity (Wildman–Crippen MR) is 73.8 cm³/mol. The van der Waals surface area contributed by atoms with E-state index in [4.69, 9.17) is 5.11 Å². The lowest BCUT2D eigenvalue weighted by molar-refractivity contribution is -0.175. The maximum absolute atomic E-state index is 12.3. The molecule has 0 saturated heterocycles. The van der Waals surface area contributed by atoms with Crippen LogP contribution in [0.4, 0.5) is 13.2 Å². The Hall–Kier alpha value is -1.31. The van der Waals surface area contributed by atoms with Gasteiger partial charge in [-0.1, -0.05) is 20.3 Å². The fourth-order valence-corrected chi connectivity index (χ4v) is 2.77. The van der Waals surface area contributed by atoms with Gasteiger partial charge in [0.15, 0.2) is 0 Å². The number of halogens is 3. The monoisotopic (exact) mass is 324 g/mol. The van der Waals surface area contributed by atoms with Crippen LogP contribution in [0.5, 0.6) is 0 Å². The zero-order valence-electron chi connectivity index (χ0n) is 12.7. The van der Waals surface area contributed by atoms with Gasteiger partial charge in [0, 0.05) is 12.6 Å². The number of nitrogens with one attached hydrogen (secondary N) is 2. The Bertz CT molecular complexity index is 399. The molecule has 1 aliphatic carbocycles. The highest BCUT2D eigenvalue weighted by Crippen LogP contribution is 2.28. The molecule has 0 bridgehead atoms. The first kappa shape index (κ1) is 18.7. The van der Waals surface area contributed by atoms with Gasteiger partial charge in [-0.15, -0.1) is 0 Å². The number of amides is 2. The SMILES string of the molecule is CC(C)[C@H](NC(=O)C(F)(F)F)C(=O)N[C@H]1CCC[C@@H]1CCO. The van der Waals surface area contributed by atoms with Crippen molar-refractivity contribution in [1.82, 2.24) is 10.6 Å². The molecule has 3 atom stereocenters. The number of hydrogen-bond donors (Lipinski definition) is 3. The summed E-state index contributed by atoms with van der Waals surface area (Å²) in [6.07, 6.45) is -1.97. The summed E-state index contributed by atoms with van der Waals surface area (Å²) in [5, 5.41) is 13.5. The molecule has 0 unspecified atom stereocenters. The van der Waals surface area contributed by atoms with Crippen molar-refractivity contribution in [3.8, 4) is 0 Å². The zero-order valence-corrected chi connectivity index (χ0v) is 12.7. The molecule has 0 spiro atoms. The van der Waals surface area contributed by atoms with Gasteiger partial charge in [-0.05, 0) is 31.1 Å². The van der Waals surface area contributed by atoms with Gasteiger partial charge in [0.25, 0.3) is 0 Å². The normalized spacial score (nSPS) is 23.4. The highest BCUT2D eigenvalue weighted by Gasteiger charge is 2.42. The predicted octanol–water partition coefficient (Wildman–Crippen LogP) is 1.36. The third-order valence-corrected chi connectivity index (χ3v) is 3.98. The van der Waals surface area contributed by atoms with E-state index in [1.54, 1.807) is 19.2 Å². The lowest BCUT2D eigenvalue weighted by atomic mass is 9.98. The van der Waals surface area contributed by atoms with Crippen LogP contribution in [0.2, 0.25) is 0 Å². The molecule has 1 aliphatic rings. The molecule has 1 saturated carbocycles. The van der Waals surface area contributed by atoms with E-state index in [2.05, 4.69) is 5.32 Å². The summed E-state index contributed by atoms with van der Waals surface area (Å²) < 4.78 is 37.0. The first-order valence-electron chi connectivity index (χ1n) is 7.45. The van der Waals surface area contributed by atoms with Crippen LogP contribution in [-0.4, -0.2) is 41.8 Å². The smallest absolute Gasteiger partial charge is 0.396 e. The minimum absolute atomic E-state index is 0.00938. The van der Waals surface area contributed by atoms with E-state index in [1.165, 1.54) is 0 Å². The first-order valence-corrected chi connectivity index (χ1v) is 7.45. The van der Waals surface area contributed by atoms with E-state index in [0.29, 0.717) is 6.42 Å². The Morgan fingerprint density at radius 1 is 1.27 bits per heavy atom. The Balaban J connectivity index is 2.67. The van der Waals surface area contributed by atoms with Gasteiger partial charge in [-0.25, -0.2) is 0 Å². The number of rotatable bonds is 6. The van der Waals surface area contributed by atoms with Gasteiger partial charge in [-0.3, -0.25) is 9.59 Å². The lowest BCUT2D eigenvalue weighted by Crippen LogP contribution is -2.55. The van der Waals surface area contributed by atoms with Crippen LogP contribution in [0.15, 0.2) is 0 Å². The minimum Gasteiger partial charge on any atom is -0.396 e. The highest BCUT2D eigenvalue weighted by molar-refractivity contribution is 5.90. The molecule has 2 amide bonds. The molecule has 1 fully saturated rings. The third kappa shape index (κ3) is 5.15. The van der Waals surface area contributed by atoms with Crippen molar-refractivity contribution < 1.29 is 27.9 Å². The number of alkyl halides is 3. The van der Waals surface area contributed by atoms with Crippen LogP contribution in [0.3, 0.4) is 0 Å². The molecular weight excluding hydrogens is 301 g/mol. The zero-order chi connectivity index (χ0) is 16.9. The number of aliphatic hydroxyl groups is 1. The number of carbonyl (C=O) groups excluding carboxylic acids is 2. The van der Waals surface area contributed by atoms with Crippen molar-refractivity contribution in [2.75, 3.05) is 6.61 Å². The fourth-order valence-electron chi connectivity index (χ4n) is 2.77. The Kier molecular flexibility index (Phi) is 6.65. The molecular formula is C14H23F3N2O3. The van der Waals surface area contributed by atoms with Crippen molar-refractivity contribution in [1.29, 1.82) is 0 Å². The van der Waals surface area contributed by atoms with Crippen LogP contribution in [0, 0.1) is 11.8 Å². The van der Waals surface area contributed by atoms with Crippen LogP contribution in [-0.2, 0) is 9.59 Å². The average molecular weight is 324 g/mol. The Morgan fingerprint density at radius 3 is 2.41 bits per heavy atom. The summed E-state index contributed by atoms with van der Waals surface area (Å²) in [5.41, 5.74) is 0. The molecule has 0 heterocycles. The molecule has 0 aromatic carbocycles. The fraction of sp³-hybridized carbons (Fsp3) is 0.857. The van der Waals surface area contributed by atoms with Gasteiger partial charge in [0.05, 0.1) is 0 Å². The van der Waals surface area contributed by atoms with E-state index in [-0.39, 0.29) is 18.6 Å². The molecule has 1 rings (SSSR count). The van der Waals surface area contributed by atoms with E-state index < -0.39 is 30.0 Å². The quantitative estimate of drug-likeness (QED) is 0.690. The van der Waals surface area contributed by atoms with Crippen molar-refractivity contribution >= 4 is 11.8 Å². The van der Waals surface area contributed by atoms with Gasteiger partial charge in [0.1, 0.15) is 6.04 Å². The maximum atomic E-state index is 12.3. The second kappa shape index (κ2) is 7.80. The first-order chi connectivity index (χ1) is 10.2. The van der Waals surface area contributed by atoms with Gasteiger partial charge < -0.3 is 15.7 Å². The molecule has 128 valence electrons. The van der Waals surface area contributed by atoms with Crippen LogP contribution in [0.1, 0.15) is 39.5 Å².